The Balaban J connectivity index is 1.44. The maximum Gasteiger partial charge on any atom is 0.225 e. The average molecular weight is 455 g/mol. The lowest BCUT2D eigenvalue weighted by molar-refractivity contribution is -0.138. The molecule has 2 heterocycles. The van der Waals surface area contributed by atoms with Gasteiger partial charge in [-0.1, -0.05) is 36.9 Å². The number of allylic oxidation sites excluding steroid dienone is 2. The van der Waals surface area contributed by atoms with Gasteiger partial charge >= 0.3 is 0 Å². The Labute approximate surface area is 197 Å². The van der Waals surface area contributed by atoms with E-state index in [1.807, 2.05) is 35.3 Å². The van der Waals surface area contributed by atoms with Crippen LogP contribution >= 0.6 is 0 Å². The number of piperidine rings is 1. The van der Waals surface area contributed by atoms with Gasteiger partial charge in [0.1, 0.15) is 12.4 Å². The van der Waals surface area contributed by atoms with Crippen molar-refractivity contribution in [3.8, 4) is 5.75 Å². The molecule has 0 radical (unpaired) electrons. The van der Waals surface area contributed by atoms with Gasteiger partial charge in [0.15, 0.2) is 0 Å². The number of rotatable bonds is 10. The summed E-state index contributed by atoms with van der Waals surface area (Å²) in [5.74, 6) is 1.26. The predicted molar refractivity (Wildman–Crippen MR) is 132 cm³/mol. The van der Waals surface area contributed by atoms with Crippen LogP contribution in [-0.4, -0.2) is 84.7 Å². The summed E-state index contributed by atoms with van der Waals surface area (Å²) in [5, 5.41) is 9.04. The summed E-state index contributed by atoms with van der Waals surface area (Å²) in [6.07, 6.45) is 9.05. The standard InChI is InChI=1S/C26H38N4O3/c1-2-5-22(8-11-27)20-28-12-9-23(10-13-28)26(32)30-16-14-29(15-17-30)21-24-6-3-4-7-25(24)33-19-18-31/h2-8,11,23,31H,1,9-10,12-21,27H2/b11-8-,22-5+. The molecule has 33 heavy (non-hydrogen) atoms. The van der Waals surface area contributed by atoms with Gasteiger partial charge in [-0.15, -0.1) is 0 Å². The Morgan fingerprint density at radius 2 is 1.85 bits per heavy atom. The first-order chi connectivity index (χ1) is 16.1. The van der Waals surface area contributed by atoms with Crippen molar-refractivity contribution < 1.29 is 14.6 Å². The molecule has 0 bridgehead atoms. The topological polar surface area (TPSA) is 82.3 Å². The highest BCUT2D eigenvalue weighted by molar-refractivity contribution is 5.79. The molecule has 0 saturated carbocycles. The number of carbonyl (C=O) groups is 1. The molecule has 0 unspecified atom stereocenters. The highest BCUT2D eigenvalue weighted by atomic mass is 16.5. The predicted octanol–water partition coefficient (Wildman–Crippen LogP) is 2.00. The van der Waals surface area contributed by atoms with Crippen LogP contribution in [0.15, 0.2) is 60.8 Å². The molecule has 0 aliphatic carbocycles. The molecule has 1 aromatic rings. The second-order valence-corrected chi connectivity index (χ2v) is 8.67. The molecule has 2 saturated heterocycles. The maximum absolute atomic E-state index is 13.1. The number of hydrogen-bond donors (Lipinski definition) is 2. The third kappa shape index (κ3) is 7.45. The fraction of sp³-hybridized carbons (Fsp3) is 0.500. The molecule has 7 nitrogen and oxygen atoms in total. The highest BCUT2D eigenvalue weighted by Gasteiger charge is 2.30. The first kappa shape index (κ1) is 25.0. The van der Waals surface area contributed by atoms with E-state index in [9.17, 15) is 4.79 Å². The number of aliphatic hydroxyl groups is 1. The van der Waals surface area contributed by atoms with Crippen LogP contribution in [0.4, 0.5) is 0 Å². The van der Waals surface area contributed by atoms with E-state index in [4.69, 9.17) is 15.6 Å². The van der Waals surface area contributed by atoms with Crippen molar-refractivity contribution in [1.82, 2.24) is 14.7 Å². The van der Waals surface area contributed by atoms with E-state index in [0.717, 1.165) is 82.1 Å². The Bertz CT molecular complexity index is 823. The summed E-state index contributed by atoms with van der Waals surface area (Å²) in [6, 6.07) is 7.97. The quantitative estimate of drug-likeness (QED) is 0.527. The van der Waals surface area contributed by atoms with Gasteiger partial charge in [-0.2, -0.15) is 0 Å². The molecule has 1 aromatic carbocycles. The number of likely N-dealkylation sites (tertiary alicyclic amines) is 1. The number of nitrogens with zero attached hydrogens (tertiary/aromatic N) is 3. The van der Waals surface area contributed by atoms with Gasteiger partial charge in [0.25, 0.3) is 0 Å². The third-order valence-electron chi connectivity index (χ3n) is 6.38. The fourth-order valence-corrected chi connectivity index (χ4v) is 4.59. The van der Waals surface area contributed by atoms with Gasteiger partial charge in [-0.3, -0.25) is 14.6 Å². The Morgan fingerprint density at radius 3 is 2.52 bits per heavy atom. The van der Waals surface area contributed by atoms with Gasteiger partial charge in [-0.25, -0.2) is 0 Å². The van der Waals surface area contributed by atoms with Crippen LogP contribution in [0.25, 0.3) is 0 Å². The smallest absolute Gasteiger partial charge is 0.225 e. The summed E-state index contributed by atoms with van der Waals surface area (Å²) in [6.45, 7) is 10.8. The molecular weight excluding hydrogens is 416 g/mol. The van der Waals surface area contributed by atoms with E-state index in [2.05, 4.69) is 22.4 Å². The zero-order chi connectivity index (χ0) is 23.5. The molecule has 2 aliphatic heterocycles. The van der Waals surface area contributed by atoms with Crippen LogP contribution in [0.2, 0.25) is 0 Å². The maximum atomic E-state index is 13.1. The molecule has 1 amide bonds. The highest BCUT2D eigenvalue weighted by Crippen LogP contribution is 2.23. The molecule has 7 heteroatoms. The van der Waals surface area contributed by atoms with Crippen molar-refractivity contribution in [2.24, 2.45) is 11.7 Å². The van der Waals surface area contributed by atoms with Crippen LogP contribution in [0.3, 0.4) is 0 Å². The Kier molecular flexibility index (Phi) is 10.00. The summed E-state index contributed by atoms with van der Waals surface area (Å²) >= 11 is 0. The zero-order valence-corrected chi connectivity index (χ0v) is 19.6. The minimum Gasteiger partial charge on any atom is -0.491 e. The lowest BCUT2D eigenvalue weighted by Gasteiger charge is -2.38. The van der Waals surface area contributed by atoms with Crippen LogP contribution < -0.4 is 10.5 Å². The van der Waals surface area contributed by atoms with Gasteiger partial charge in [-0.05, 0) is 49.8 Å². The van der Waals surface area contributed by atoms with Gasteiger partial charge in [0.2, 0.25) is 5.91 Å². The zero-order valence-electron chi connectivity index (χ0n) is 19.6. The van der Waals surface area contributed by atoms with Crippen molar-refractivity contribution in [3.63, 3.8) is 0 Å². The van der Waals surface area contributed by atoms with Gasteiger partial charge < -0.3 is 20.5 Å². The minimum atomic E-state index is 0.00544. The summed E-state index contributed by atoms with van der Waals surface area (Å²) < 4.78 is 5.66. The van der Waals surface area contributed by atoms with E-state index in [1.54, 1.807) is 12.3 Å². The second kappa shape index (κ2) is 13.2. The SMILES string of the molecule is C=C/C=C(\C=C/N)CN1CCC(C(=O)N2CCN(Cc3ccccc3OCCO)CC2)CC1. The fourth-order valence-electron chi connectivity index (χ4n) is 4.59. The van der Waals surface area contributed by atoms with Crippen LogP contribution in [0.5, 0.6) is 5.75 Å². The molecule has 0 spiro atoms. The Morgan fingerprint density at radius 1 is 1.12 bits per heavy atom. The molecular formula is C26H38N4O3. The molecule has 0 aromatic heterocycles. The van der Waals surface area contributed by atoms with E-state index < -0.39 is 0 Å². The third-order valence-corrected chi connectivity index (χ3v) is 6.38. The van der Waals surface area contributed by atoms with Gasteiger partial charge in [0.05, 0.1) is 6.61 Å². The molecule has 2 aliphatic rings. The first-order valence-corrected chi connectivity index (χ1v) is 11.9. The van der Waals surface area contributed by atoms with Crippen LogP contribution in [-0.2, 0) is 11.3 Å². The summed E-state index contributed by atoms with van der Waals surface area (Å²) in [7, 11) is 0. The first-order valence-electron chi connectivity index (χ1n) is 11.9. The molecule has 3 rings (SSSR count). The van der Waals surface area contributed by atoms with Crippen LogP contribution in [0, 0.1) is 5.92 Å². The monoisotopic (exact) mass is 454 g/mol. The van der Waals surface area contributed by atoms with Gasteiger partial charge in [0, 0.05) is 50.7 Å². The number of ether oxygens (including phenoxy) is 1. The van der Waals surface area contributed by atoms with Crippen molar-refractivity contribution in [2.75, 3.05) is 59.0 Å². The normalized spacial score (nSPS) is 19.2. The van der Waals surface area contributed by atoms with E-state index in [0.29, 0.717) is 12.5 Å². The number of nitrogens with two attached hydrogens (primary N) is 1. The second-order valence-electron chi connectivity index (χ2n) is 8.67. The number of para-hydroxylation sites is 1. The largest absolute Gasteiger partial charge is 0.491 e. The number of hydrogen-bond acceptors (Lipinski definition) is 6. The molecule has 180 valence electrons. The minimum absolute atomic E-state index is 0.00544. The number of amides is 1. The summed E-state index contributed by atoms with van der Waals surface area (Å²) in [5.41, 5.74) is 7.80. The average Bonchev–Trinajstić information content (AvgIpc) is 2.84. The molecule has 0 atom stereocenters. The van der Waals surface area contributed by atoms with Crippen LogP contribution in [0.1, 0.15) is 18.4 Å². The summed E-state index contributed by atoms with van der Waals surface area (Å²) in [4.78, 5) is 19.9. The number of benzene rings is 1. The Hall–Kier alpha value is -2.61. The van der Waals surface area contributed by atoms with Crippen molar-refractivity contribution in [3.05, 3.63) is 66.4 Å². The molecule has 3 N–H and O–H groups in total. The van der Waals surface area contributed by atoms with Crippen molar-refractivity contribution in [2.45, 2.75) is 19.4 Å². The molecule has 2 fully saturated rings. The lowest BCUT2D eigenvalue weighted by Crippen LogP contribution is -2.51. The lowest BCUT2D eigenvalue weighted by atomic mass is 9.94. The number of carbonyl (C=O) groups excluding carboxylic acids is 1. The van der Waals surface area contributed by atoms with E-state index in [1.165, 1.54) is 0 Å². The van der Waals surface area contributed by atoms with E-state index >= 15 is 0 Å². The van der Waals surface area contributed by atoms with E-state index in [-0.39, 0.29) is 12.5 Å². The number of aliphatic hydroxyl groups excluding tert-OH is 1. The number of piperazine rings is 1. The van der Waals surface area contributed by atoms with Crippen molar-refractivity contribution in [1.29, 1.82) is 0 Å². The van der Waals surface area contributed by atoms with Crippen molar-refractivity contribution >= 4 is 5.91 Å².